The highest BCUT2D eigenvalue weighted by atomic mass is 19.1. The van der Waals surface area contributed by atoms with E-state index < -0.39 is 5.82 Å². The fourth-order valence-electron chi connectivity index (χ4n) is 2.36. The number of amides is 1. The molecule has 3 rings (SSSR count). The van der Waals surface area contributed by atoms with Crippen LogP contribution >= 0.6 is 0 Å². The highest BCUT2D eigenvalue weighted by Gasteiger charge is 2.20. The molecule has 1 N–H and O–H groups in total. The number of amidine groups is 1. The molecule has 0 radical (unpaired) electrons. The van der Waals surface area contributed by atoms with E-state index >= 15 is 0 Å². The van der Waals surface area contributed by atoms with E-state index in [-0.39, 0.29) is 17.4 Å². The molecule has 1 aliphatic rings. The molecular weight excluding hydrogens is 314 g/mol. The number of ether oxygens (including phenoxy) is 1. The highest BCUT2D eigenvalue weighted by Crippen LogP contribution is 2.23. The number of benzene rings is 2. The van der Waals surface area contributed by atoms with Gasteiger partial charge in [-0.2, -0.15) is 0 Å². The molecule has 1 aliphatic heterocycles. The summed E-state index contributed by atoms with van der Waals surface area (Å²) < 4.78 is 31.5. The minimum atomic E-state index is -0.434. The van der Waals surface area contributed by atoms with E-state index in [1.54, 1.807) is 12.1 Å². The summed E-state index contributed by atoms with van der Waals surface area (Å²) in [4.78, 5) is 16.3. The third-order valence-electron chi connectivity index (χ3n) is 3.51. The second-order valence-corrected chi connectivity index (χ2v) is 5.23. The topological polar surface area (TPSA) is 50.7 Å². The molecule has 122 valence electrons. The van der Waals surface area contributed by atoms with Crippen molar-refractivity contribution in [3.8, 4) is 5.75 Å². The number of halogens is 2. The third kappa shape index (κ3) is 3.48. The Morgan fingerprint density at radius 2 is 1.83 bits per heavy atom. The first kappa shape index (κ1) is 15.9. The molecule has 2 aromatic carbocycles. The van der Waals surface area contributed by atoms with Crippen molar-refractivity contribution in [2.24, 2.45) is 4.99 Å². The largest absolute Gasteiger partial charge is 0.496 e. The molecule has 0 atom stereocenters. The summed E-state index contributed by atoms with van der Waals surface area (Å²) in [5, 5.41) is 2.65. The van der Waals surface area contributed by atoms with Crippen LogP contribution in [0.5, 0.6) is 5.75 Å². The Morgan fingerprint density at radius 1 is 1.12 bits per heavy atom. The molecule has 0 aliphatic carbocycles. The number of rotatable bonds is 4. The van der Waals surface area contributed by atoms with Crippen molar-refractivity contribution in [1.82, 2.24) is 5.32 Å². The van der Waals surface area contributed by atoms with E-state index in [9.17, 15) is 13.6 Å². The number of hydrogen-bond donors (Lipinski definition) is 1. The molecule has 2 aromatic rings. The smallest absolute Gasteiger partial charge is 0.275 e. The SMILES string of the molecule is COc1ccc(F)cc1/C=C1/N=C(Cc2ccc(F)cc2)NC1=O. The maximum absolute atomic E-state index is 13.4. The molecule has 4 nitrogen and oxygen atoms in total. The van der Waals surface area contributed by atoms with Gasteiger partial charge in [0.1, 0.15) is 28.9 Å². The molecule has 0 bridgehead atoms. The first-order valence-corrected chi connectivity index (χ1v) is 7.24. The van der Waals surface area contributed by atoms with E-state index in [0.717, 1.165) is 5.56 Å². The van der Waals surface area contributed by atoms with Crippen molar-refractivity contribution in [3.05, 3.63) is 70.9 Å². The molecule has 24 heavy (non-hydrogen) atoms. The summed E-state index contributed by atoms with van der Waals surface area (Å²) in [6, 6.07) is 9.98. The van der Waals surface area contributed by atoms with Crippen LogP contribution in [0.4, 0.5) is 8.78 Å². The molecule has 1 amide bonds. The number of nitrogens with zero attached hydrogens (tertiary/aromatic N) is 1. The van der Waals surface area contributed by atoms with Crippen LogP contribution in [0.2, 0.25) is 0 Å². The van der Waals surface area contributed by atoms with Crippen molar-refractivity contribution in [1.29, 1.82) is 0 Å². The van der Waals surface area contributed by atoms with Gasteiger partial charge in [-0.3, -0.25) is 4.79 Å². The standard InChI is InChI=1S/C18H14F2N2O2/c1-24-16-7-6-14(20)9-12(16)10-15-18(23)22-17(21-15)8-11-2-4-13(19)5-3-11/h2-7,9-10H,8H2,1H3,(H,21,22,23)/b15-10+. The first-order chi connectivity index (χ1) is 11.5. The summed E-state index contributed by atoms with van der Waals surface area (Å²) in [5.74, 6) is -0.239. The monoisotopic (exact) mass is 328 g/mol. The van der Waals surface area contributed by atoms with Crippen molar-refractivity contribution in [2.45, 2.75) is 6.42 Å². The van der Waals surface area contributed by atoms with Gasteiger partial charge in [-0.1, -0.05) is 12.1 Å². The van der Waals surface area contributed by atoms with Gasteiger partial charge in [-0.25, -0.2) is 13.8 Å². The lowest BCUT2D eigenvalue weighted by Gasteiger charge is -2.04. The molecule has 0 aromatic heterocycles. The maximum Gasteiger partial charge on any atom is 0.275 e. The summed E-state index contributed by atoms with van der Waals surface area (Å²) in [6.07, 6.45) is 1.83. The van der Waals surface area contributed by atoms with Crippen LogP contribution in [0, 0.1) is 11.6 Å². The predicted molar refractivity (Wildman–Crippen MR) is 86.6 cm³/mol. The Morgan fingerprint density at radius 3 is 2.54 bits per heavy atom. The van der Waals surface area contributed by atoms with Gasteiger partial charge < -0.3 is 10.1 Å². The molecule has 6 heteroatoms. The lowest BCUT2D eigenvalue weighted by Crippen LogP contribution is -2.25. The number of carbonyl (C=O) groups is 1. The van der Waals surface area contributed by atoms with Crippen LogP contribution in [-0.2, 0) is 11.2 Å². The lowest BCUT2D eigenvalue weighted by atomic mass is 10.1. The first-order valence-electron chi connectivity index (χ1n) is 7.24. The molecule has 0 saturated heterocycles. The second kappa shape index (κ2) is 6.62. The van der Waals surface area contributed by atoms with Gasteiger partial charge >= 0.3 is 0 Å². The van der Waals surface area contributed by atoms with Crippen molar-refractivity contribution in [3.63, 3.8) is 0 Å². The molecule has 0 fully saturated rings. The number of carbonyl (C=O) groups excluding carboxylic acids is 1. The van der Waals surface area contributed by atoms with Crippen LogP contribution in [0.25, 0.3) is 6.08 Å². The lowest BCUT2D eigenvalue weighted by molar-refractivity contribution is -0.115. The second-order valence-electron chi connectivity index (χ2n) is 5.23. The van der Waals surface area contributed by atoms with Gasteiger partial charge in [0, 0.05) is 12.0 Å². The summed E-state index contributed by atoms with van der Waals surface area (Å²) >= 11 is 0. The van der Waals surface area contributed by atoms with Crippen molar-refractivity contribution < 1.29 is 18.3 Å². The van der Waals surface area contributed by atoms with Gasteiger partial charge in [0.05, 0.1) is 7.11 Å². The number of hydrogen-bond acceptors (Lipinski definition) is 3. The Balaban J connectivity index is 1.86. The van der Waals surface area contributed by atoms with E-state index in [1.165, 1.54) is 43.5 Å². The van der Waals surface area contributed by atoms with Gasteiger partial charge in [-0.15, -0.1) is 0 Å². The van der Waals surface area contributed by atoms with Crippen LogP contribution < -0.4 is 10.1 Å². The number of methoxy groups -OCH3 is 1. The molecular formula is C18H14F2N2O2. The Kier molecular flexibility index (Phi) is 4.37. The van der Waals surface area contributed by atoms with Crippen LogP contribution in [0.1, 0.15) is 11.1 Å². The van der Waals surface area contributed by atoms with Crippen LogP contribution in [0.3, 0.4) is 0 Å². The van der Waals surface area contributed by atoms with Gasteiger partial charge in [-0.05, 0) is 42.0 Å². The van der Waals surface area contributed by atoms with Crippen molar-refractivity contribution in [2.75, 3.05) is 7.11 Å². The summed E-state index contributed by atoms with van der Waals surface area (Å²) in [5.41, 5.74) is 1.41. The number of aliphatic imine (C=N–C) groups is 1. The zero-order valence-electron chi connectivity index (χ0n) is 12.8. The average molecular weight is 328 g/mol. The Bertz CT molecular complexity index is 843. The van der Waals surface area contributed by atoms with Gasteiger partial charge in [0.25, 0.3) is 5.91 Å². The fourth-order valence-corrected chi connectivity index (χ4v) is 2.36. The zero-order valence-corrected chi connectivity index (χ0v) is 12.8. The fraction of sp³-hybridized carbons (Fsp3) is 0.111. The molecule has 0 saturated carbocycles. The molecule has 1 heterocycles. The average Bonchev–Trinajstić information content (AvgIpc) is 2.89. The van der Waals surface area contributed by atoms with E-state index in [1.807, 2.05) is 0 Å². The molecule has 0 unspecified atom stereocenters. The van der Waals surface area contributed by atoms with Crippen LogP contribution in [-0.4, -0.2) is 18.9 Å². The van der Waals surface area contributed by atoms with Crippen LogP contribution in [0.15, 0.2) is 53.2 Å². The van der Waals surface area contributed by atoms with Crippen molar-refractivity contribution >= 4 is 17.8 Å². The minimum absolute atomic E-state index is 0.163. The quantitative estimate of drug-likeness (QED) is 0.877. The Labute approximate surface area is 137 Å². The molecule has 0 spiro atoms. The minimum Gasteiger partial charge on any atom is -0.496 e. The maximum atomic E-state index is 13.4. The van der Waals surface area contributed by atoms with Gasteiger partial charge in [0.2, 0.25) is 0 Å². The van der Waals surface area contributed by atoms with E-state index in [0.29, 0.717) is 23.6 Å². The van der Waals surface area contributed by atoms with E-state index in [2.05, 4.69) is 10.3 Å². The zero-order chi connectivity index (χ0) is 17.1. The number of nitrogens with one attached hydrogen (secondary N) is 1. The predicted octanol–water partition coefficient (Wildman–Crippen LogP) is 3.09. The Hall–Kier alpha value is -3.02. The highest BCUT2D eigenvalue weighted by molar-refractivity contribution is 6.14. The third-order valence-corrected chi connectivity index (χ3v) is 3.51. The van der Waals surface area contributed by atoms with E-state index in [4.69, 9.17) is 4.74 Å². The summed E-state index contributed by atoms with van der Waals surface area (Å²) in [6.45, 7) is 0. The van der Waals surface area contributed by atoms with Gasteiger partial charge in [0.15, 0.2) is 0 Å². The normalized spacial score (nSPS) is 15.4. The summed E-state index contributed by atoms with van der Waals surface area (Å²) in [7, 11) is 1.47.